The molecule has 3 N–H and O–H groups in total. The summed E-state index contributed by atoms with van der Waals surface area (Å²) in [5.74, 6) is 0.0246. The first-order valence-corrected chi connectivity index (χ1v) is 11.0. The first-order chi connectivity index (χ1) is 13.4. The second-order valence-electron chi connectivity index (χ2n) is 6.14. The van der Waals surface area contributed by atoms with E-state index in [-0.39, 0.29) is 15.9 Å². The summed E-state index contributed by atoms with van der Waals surface area (Å²) in [6.45, 7) is 0.520. The summed E-state index contributed by atoms with van der Waals surface area (Å²) in [6, 6.07) is 16.5. The lowest BCUT2D eigenvalue weighted by Crippen LogP contribution is -2.24. The number of thiophene rings is 1. The normalized spacial score (nSPS) is 11.1. The van der Waals surface area contributed by atoms with Crippen LogP contribution in [0.4, 0.5) is 5.69 Å². The predicted molar refractivity (Wildman–Crippen MR) is 110 cm³/mol. The molecule has 1 heterocycles. The Morgan fingerprint density at radius 3 is 2.36 bits per heavy atom. The first-order valence-electron chi connectivity index (χ1n) is 8.66. The van der Waals surface area contributed by atoms with Crippen LogP contribution in [0.15, 0.2) is 70.3 Å². The van der Waals surface area contributed by atoms with Gasteiger partial charge < -0.3 is 10.4 Å². The third-order valence-electron chi connectivity index (χ3n) is 4.02. The van der Waals surface area contributed by atoms with Crippen LogP contribution in [0.25, 0.3) is 0 Å². The Hall–Kier alpha value is -2.84. The molecule has 2 aromatic carbocycles. The van der Waals surface area contributed by atoms with Gasteiger partial charge in [-0.15, -0.1) is 11.3 Å². The van der Waals surface area contributed by atoms with E-state index in [9.17, 15) is 18.3 Å². The number of aromatic hydroxyl groups is 1. The standard InChI is InChI=1S/C20H20N2O4S2/c23-18-11-5-15(6-12-18)3-1-13-21-20(24)16-7-9-17(10-8-16)22-28(25,26)19-4-2-14-27-19/h2,4-12,14,22-23H,1,3,13H2,(H,21,24). The van der Waals surface area contributed by atoms with Crippen molar-refractivity contribution in [2.45, 2.75) is 17.1 Å². The van der Waals surface area contributed by atoms with Gasteiger partial charge in [-0.1, -0.05) is 18.2 Å². The van der Waals surface area contributed by atoms with Crippen LogP contribution in [0.1, 0.15) is 22.3 Å². The number of carbonyl (C=O) groups excluding carboxylic acids is 1. The summed E-state index contributed by atoms with van der Waals surface area (Å²) < 4.78 is 27.1. The summed E-state index contributed by atoms with van der Waals surface area (Å²) in [5.41, 5.74) is 1.95. The number of carbonyl (C=O) groups is 1. The molecule has 0 aliphatic carbocycles. The van der Waals surface area contributed by atoms with Gasteiger partial charge >= 0.3 is 0 Å². The molecule has 0 saturated heterocycles. The zero-order valence-corrected chi connectivity index (χ0v) is 16.6. The molecule has 8 heteroatoms. The smallest absolute Gasteiger partial charge is 0.271 e. The van der Waals surface area contributed by atoms with Gasteiger partial charge in [0.1, 0.15) is 9.96 Å². The average Bonchev–Trinajstić information content (AvgIpc) is 3.23. The lowest BCUT2D eigenvalue weighted by molar-refractivity contribution is 0.0953. The van der Waals surface area contributed by atoms with Crippen molar-refractivity contribution in [3.05, 3.63) is 77.2 Å². The topological polar surface area (TPSA) is 95.5 Å². The first kappa shape index (κ1) is 19.9. The number of benzene rings is 2. The molecule has 0 bridgehead atoms. The van der Waals surface area contributed by atoms with Gasteiger partial charge in [0.2, 0.25) is 0 Å². The van der Waals surface area contributed by atoms with E-state index < -0.39 is 10.0 Å². The number of aryl methyl sites for hydroxylation is 1. The molecular weight excluding hydrogens is 396 g/mol. The Morgan fingerprint density at radius 1 is 1.00 bits per heavy atom. The van der Waals surface area contributed by atoms with E-state index in [1.165, 1.54) is 6.07 Å². The Balaban J connectivity index is 1.49. The molecule has 0 radical (unpaired) electrons. The molecule has 3 rings (SSSR count). The quantitative estimate of drug-likeness (QED) is 0.489. The van der Waals surface area contributed by atoms with E-state index in [2.05, 4.69) is 10.0 Å². The SMILES string of the molecule is O=C(NCCCc1ccc(O)cc1)c1ccc(NS(=O)(=O)c2cccs2)cc1. The van der Waals surface area contributed by atoms with Crippen LogP contribution >= 0.6 is 11.3 Å². The maximum absolute atomic E-state index is 12.2. The minimum atomic E-state index is -3.60. The van der Waals surface area contributed by atoms with E-state index in [0.717, 1.165) is 29.7 Å². The van der Waals surface area contributed by atoms with Crippen molar-refractivity contribution in [1.29, 1.82) is 0 Å². The summed E-state index contributed by atoms with van der Waals surface area (Å²) in [6.07, 6.45) is 1.57. The molecule has 0 aliphatic rings. The highest BCUT2D eigenvalue weighted by atomic mass is 32.2. The summed E-state index contributed by atoms with van der Waals surface area (Å²) in [7, 11) is -3.60. The van der Waals surface area contributed by atoms with E-state index in [1.54, 1.807) is 47.8 Å². The predicted octanol–water partition coefficient (Wildman–Crippen LogP) is 3.62. The maximum atomic E-state index is 12.2. The van der Waals surface area contributed by atoms with Crippen molar-refractivity contribution in [2.24, 2.45) is 0 Å². The number of anilines is 1. The lowest BCUT2D eigenvalue weighted by Gasteiger charge is -2.08. The fourth-order valence-corrected chi connectivity index (χ4v) is 4.62. The molecule has 0 saturated carbocycles. The minimum Gasteiger partial charge on any atom is -0.508 e. The van der Waals surface area contributed by atoms with Gasteiger partial charge in [-0.3, -0.25) is 9.52 Å². The number of hydrogen-bond acceptors (Lipinski definition) is 5. The molecule has 1 amide bonds. The Kier molecular flexibility index (Phi) is 6.33. The molecule has 0 atom stereocenters. The van der Waals surface area contributed by atoms with Gasteiger partial charge in [0.15, 0.2) is 0 Å². The van der Waals surface area contributed by atoms with Crippen LogP contribution in [0.2, 0.25) is 0 Å². The number of hydrogen-bond donors (Lipinski definition) is 3. The van der Waals surface area contributed by atoms with Gasteiger partial charge in [0.05, 0.1) is 0 Å². The number of amides is 1. The maximum Gasteiger partial charge on any atom is 0.271 e. The largest absolute Gasteiger partial charge is 0.508 e. The third-order valence-corrected chi connectivity index (χ3v) is 6.80. The van der Waals surface area contributed by atoms with Crippen molar-refractivity contribution in [2.75, 3.05) is 11.3 Å². The van der Waals surface area contributed by atoms with Crippen molar-refractivity contribution in [1.82, 2.24) is 5.32 Å². The molecule has 0 fully saturated rings. The molecule has 28 heavy (non-hydrogen) atoms. The Morgan fingerprint density at radius 2 is 1.71 bits per heavy atom. The van der Waals surface area contributed by atoms with Gasteiger partial charge in [-0.25, -0.2) is 8.42 Å². The van der Waals surface area contributed by atoms with E-state index >= 15 is 0 Å². The van der Waals surface area contributed by atoms with Gasteiger partial charge in [0, 0.05) is 17.8 Å². The fourth-order valence-electron chi connectivity index (χ4n) is 2.57. The van der Waals surface area contributed by atoms with Crippen LogP contribution in [0.3, 0.4) is 0 Å². The van der Waals surface area contributed by atoms with Crippen LogP contribution in [-0.2, 0) is 16.4 Å². The van der Waals surface area contributed by atoms with Crippen molar-refractivity contribution in [3.8, 4) is 5.75 Å². The highest BCUT2D eigenvalue weighted by Gasteiger charge is 2.15. The summed E-state index contributed by atoms with van der Waals surface area (Å²) in [5, 5.41) is 13.8. The fraction of sp³-hybridized carbons (Fsp3) is 0.150. The Labute approximate surface area is 167 Å². The van der Waals surface area contributed by atoms with Crippen LogP contribution in [0.5, 0.6) is 5.75 Å². The molecular formula is C20H20N2O4S2. The van der Waals surface area contributed by atoms with E-state index in [4.69, 9.17) is 0 Å². The monoisotopic (exact) mass is 416 g/mol. The molecule has 6 nitrogen and oxygen atoms in total. The highest BCUT2D eigenvalue weighted by Crippen LogP contribution is 2.20. The van der Waals surface area contributed by atoms with Crippen LogP contribution < -0.4 is 10.0 Å². The molecule has 1 aromatic heterocycles. The van der Waals surface area contributed by atoms with Gasteiger partial charge in [-0.2, -0.15) is 0 Å². The molecule has 3 aromatic rings. The molecule has 0 spiro atoms. The van der Waals surface area contributed by atoms with Crippen LogP contribution in [0, 0.1) is 0 Å². The van der Waals surface area contributed by atoms with E-state index in [0.29, 0.717) is 17.8 Å². The second-order valence-corrected chi connectivity index (χ2v) is 9.00. The number of nitrogens with one attached hydrogen (secondary N) is 2. The summed E-state index contributed by atoms with van der Waals surface area (Å²) in [4.78, 5) is 12.2. The number of phenols is 1. The third kappa shape index (κ3) is 5.34. The number of phenolic OH excluding ortho intramolecular Hbond substituents is 1. The van der Waals surface area contributed by atoms with Crippen molar-refractivity contribution in [3.63, 3.8) is 0 Å². The molecule has 0 aliphatic heterocycles. The Bertz CT molecular complexity index is 1010. The number of rotatable bonds is 8. The molecule has 0 unspecified atom stereocenters. The molecule has 146 valence electrons. The zero-order valence-electron chi connectivity index (χ0n) is 15.0. The van der Waals surface area contributed by atoms with E-state index in [1.807, 2.05) is 12.1 Å². The second kappa shape index (κ2) is 8.90. The van der Waals surface area contributed by atoms with Gasteiger partial charge in [0.25, 0.3) is 15.9 Å². The van der Waals surface area contributed by atoms with Crippen molar-refractivity contribution >= 4 is 33.0 Å². The van der Waals surface area contributed by atoms with Gasteiger partial charge in [-0.05, 0) is 66.2 Å². The van der Waals surface area contributed by atoms with Crippen LogP contribution in [-0.4, -0.2) is 26.0 Å². The lowest BCUT2D eigenvalue weighted by atomic mass is 10.1. The zero-order chi connectivity index (χ0) is 20.0. The van der Waals surface area contributed by atoms with Crippen molar-refractivity contribution < 1.29 is 18.3 Å². The minimum absolute atomic E-state index is 0.210. The highest BCUT2D eigenvalue weighted by molar-refractivity contribution is 7.94. The number of sulfonamides is 1. The summed E-state index contributed by atoms with van der Waals surface area (Å²) >= 11 is 1.14. The average molecular weight is 417 g/mol.